The fraction of sp³-hybridized carbons (Fsp3) is 0.0667. The first kappa shape index (κ1) is 25.8. The van der Waals surface area contributed by atoms with E-state index in [-0.39, 0.29) is 11.8 Å². The van der Waals surface area contributed by atoms with E-state index in [0.717, 1.165) is 0 Å². The van der Waals surface area contributed by atoms with E-state index < -0.39 is 0 Å². The van der Waals surface area contributed by atoms with Crippen LogP contribution in [0.4, 0.5) is 0 Å². The molecule has 0 saturated heterocycles. The predicted octanol–water partition coefficient (Wildman–Crippen LogP) is 4.67. The van der Waals surface area contributed by atoms with Crippen molar-refractivity contribution < 1.29 is 19.1 Å². The van der Waals surface area contributed by atoms with Crippen LogP contribution in [0.5, 0.6) is 11.5 Å². The quantitative estimate of drug-likeness (QED) is 0.254. The highest BCUT2D eigenvalue weighted by atomic mass is 16.5. The molecule has 0 radical (unpaired) electrons. The number of ether oxygens (including phenoxy) is 2. The van der Waals surface area contributed by atoms with Crippen LogP contribution in [-0.2, 0) is 0 Å². The van der Waals surface area contributed by atoms with Gasteiger partial charge in [0, 0.05) is 22.3 Å². The van der Waals surface area contributed by atoms with Gasteiger partial charge in [-0.1, -0.05) is 36.4 Å². The third kappa shape index (κ3) is 6.50. The van der Waals surface area contributed by atoms with Gasteiger partial charge in [0.2, 0.25) is 0 Å². The molecule has 8 heteroatoms. The van der Waals surface area contributed by atoms with Gasteiger partial charge in [-0.15, -0.1) is 0 Å². The lowest BCUT2D eigenvalue weighted by molar-refractivity contribution is 0.0946. The molecule has 8 nitrogen and oxygen atoms in total. The van der Waals surface area contributed by atoms with Crippen LogP contribution in [0.1, 0.15) is 31.8 Å². The van der Waals surface area contributed by atoms with Gasteiger partial charge in [0.15, 0.2) is 0 Å². The Balaban J connectivity index is 1.78. The number of rotatable bonds is 9. The summed E-state index contributed by atoms with van der Waals surface area (Å²) in [4.78, 5) is 25.6. The molecule has 2 N–H and O–H groups in total. The Labute approximate surface area is 220 Å². The molecule has 4 aromatic rings. The van der Waals surface area contributed by atoms with Gasteiger partial charge in [-0.2, -0.15) is 10.2 Å². The van der Waals surface area contributed by atoms with Crippen molar-refractivity contribution in [2.45, 2.75) is 0 Å². The summed E-state index contributed by atoms with van der Waals surface area (Å²) in [5, 5.41) is 8.92. The van der Waals surface area contributed by atoms with Gasteiger partial charge in [0.05, 0.1) is 14.2 Å². The summed E-state index contributed by atoms with van der Waals surface area (Å²) in [7, 11) is 3.15. The molecule has 0 aliphatic heterocycles. The van der Waals surface area contributed by atoms with Crippen molar-refractivity contribution >= 4 is 23.2 Å². The SMILES string of the molecule is COc1ccc(C(=N\NC(=O)c2ccccc2)/C(=N/NC(=O)c2ccccc2)c2ccc(OC)cc2)cc1. The summed E-state index contributed by atoms with van der Waals surface area (Å²) >= 11 is 0. The fourth-order valence-electron chi connectivity index (χ4n) is 3.53. The molecule has 4 aromatic carbocycles. The summed E-state index contributed by atoms with van der Waals surface area (Å²) in [5.41, 5.74) is 8.08. The summed E-state index contributed by atoms with van der Waals surface area (Å²) < 4.78 is 10.6. The number of nitrogens with zero attached hydrogens (tertiary/aromatic N) is 2. The van der Waals surface area contributed by atoms with Crippen LogP contribution >= 0.6 is 0 Å². The molecule has 4 rings (SSSR count). The first-order chi connectivity index (χ1) is 18.6. The number of carbonyl (C=O) groups is 2. The second kappa shape index (κ2) is 12.6. The number of hydrazone groups is 2. The molecule has 0 aliphatic rings. The lowest BCUT2D eigenvalue weighted by Gasteiger charge is -2.13. The van der Waals surface area contributed by atoms with Crippen molar-refractivity contribution in [2.75, 3.05) is 14.2 Å². The van der Waals surface area contributed by atoms with E-state index in [1.165, 1.54) is 0 Å². The molecule has 0 bridgehead atoms. The van der Waals surface area contributed by atoms with Crippen molar-refractivity contribution in [3.05, 3.63) is 131 Å². The molecule has 0 fully saturated rings. The minimum Gasteiger partial charge on any atom is -0.497 e. The molecule has 190 valence electrons. The lowest BCUT2D eigenvalue weighted by atomic mass is 9.99. The van der Waals surface area contributed by atoms with Crippen LogP contribution in [0.15, 0.2) is 119 Å². The number of hydrogen-bond acceptors (Lipinski definition) is 6. The standard InChI is InChI=1S/C30H26N4O4/c1-37-25-17-13-21(14-18-25)27(31-33-29(35)23-9-5-3-6-10-23)28(22-15-19-26(38-2)20-16-22)32-34-30(36)24-11-7-4-8-12-24/h3-20H,1-2H3,(H,33,35)(H,34,36)/b31-27+,32-28+. The van der Waals surface area contributed by atoms with Crippen LogP contribution < -0.4 is 20.3 Å². The van der Waals surface area contributed by atoms with Crippen LogP contribution in [0.2, 0.25) is 0 Å². The highest BCUT2D eigenvalue weighted by Crippen LogP contribution is 2.18. The van der Waals surface area contributed by atoms with E-state index in [0.29, 0.717) is 45.2 Å². The van der Waals surface area contributed by atoms with Crippen molar-refractivity contribution in [3.63, 3.8) is 0 Å². The first-order valence-corrected chi connectivity index (χ1v) is 11.7. The Morgan fingerprint density at radius 1 is 0.500 bits per heavy atom. The number of carbonyl (C=O) groups excluding carboxylic acids is 2. The Morgan fingerprint density at radius 3 is 1.16 bits per heavy atom. The van der Waals surface area contributed by atoms with Gasteiger partial charge in [0.25, 0.3) is 11.8 Å². The second-order valence-electron chi connectivity index (χ2n) is 7.99. The first-order valence-electron chi connectivity index (χ1n) is 11.7. The zero-order valence-electron chi connectivity index (χ0n) is 20.9. The summed E-state index contributed by atoms with van der Waals surface area (Å²) in [6.45, 7) is 0. The Morgan fingerprint density at radius 2 is 0.842 bits per heavy atom. The molecule has 0 spiro atoms. The number of amides is 2. The summed E-state index contributed by atoms with van der Waals surface area (Å²) in [6, 6.07) is 31.8. The highest BCUT2D eigenvalue weighted by molar-refractivity contribution is 6.53. The zero-order valence-corrected chi connectivity index (χ0v) is 20.9. The van der Waals surface area contributed by atoms with E-state index in [4.69, 9.17) is 9.47 Å². The lowest BCUT2D eigenvalue weighted by Crippen LogP contribution is -2.28. The maximum atomic E-state index is 12.8. The highest BCUT2D eigenvalue weighted by Gasteiger charge is 2.18. The van der Waals surface area contributed by atoms with Crippen LogP contribution in [0.3, 0.4) is 0 Å². The third-order valence-corrected chi connectivity index (χ3v) is 5.56. The fourth-order valence-corrected chi connectivity index (χ4v) is 3.53. The van der Waals surface area contributed by atoms with E-state index >= 15 is 0 Å². The number of nitrogens with one attached hydrogen (secondary N) is 2. The van der Waals surface area contributed by atoms with Crippen molar-refractivity contribution in [2.24, 2.45) is 10.2 Å². The number of methoxy groups -OCH3 is 2. The molecule has 0 atom stereocenters. The molecule has 0 heterocycles. The largest absolute Gasteiger partial charge is 0.497 e. The number of hydrogen-bond donors (Lipinski definition) is 2. The minimum atomic E-state index is -0.390. The molecular formula is C30H26N4O4. The average Bonchev–Trinajstić information content (AvgIpc) is 2.99. The van der Waals surface area contributed by atoms with Gasteiger partial charge in [-0.3, -0.25) is 9.59 Å². The molecule has 2 amide bonds. The van der Waals surface area contributed by atoms with E-state index in [1.807, 2.05) is 12.1 Å². The smallest absolute Gasteiger partial charge is 0.271 e. The van der Waals surface area contributed by atoms with Crippen molar-refractivity contribution in [1.82, 2.24) is 10.9 Å². The zero-order chi connectivity index (χ0) is 26.7. The van der Waals surface area contributed by atoms with Crippen LogP contribution in [0.25, 0.3) is 0 Å². The molecule has 38 heavy (non-hydrogen) atoms. The normalized spacial score (nSPS) is 11.4. The van der Waals surface area contributed by atoms with Crippen molar-refractivity contribution in [3.8, 4) is 11.5 Å². The Kier molecular flexibility index (Phi) is 8.60. The molecular weight excluding hydrogens is 480 g/mol. The van der Waals surface area contributed by atoms with Gasteiger partial charge < -0.3 is 9.47 Å². The van der Waals surface area contributed by atoms with Gasteiger partial charge in [-0.25, -0.2) is 10.9 Å². The summed E-state index contributed by atoms with van der Waals surface area (Å²) in [5.74, 6) is 0.529. The molecule has 0 saturated carbocycles. The van der Waals surface area contributed by atoms with E-state index in [9.17, 15) is 9.59 Å². The van der Waals surface area contributed by atoms with Crippen LogP contribution in [-0.4, -0.2) is 37.5 Å². The van der Waals surface area contributed by atoms with Gasteiger partial charge in [-0.05, 0) is 72.8 Å². The third-order valence-electron chi connectivity index (χ3n) is 5.56. The predicted molar refractivity (Wildman–Crippen MR) is 147 cm³/mol. The van der Waals surface area contributed by atoms with E-state index in [1.54, 1.807) is 111 Å². The van der Waals surface area contributed by atoms with E-state index in [2.05, 4.69) is 21.1 Å². The van der Waals surface area contributed by atoms with Crippen molar-refractivity contribution in [1.29, 1.82) is 0 Å². The van der Waals surface area contributed by atoms with Gasteiger partial charge in [0.1, 0.15) is 22.9 Å². The summed E-state index contributed by atoms with van der Waals surface area (Å²) in [6.07, 6.45) is 0. The van der Waals surface area contributed by atoms with Crippen LogP contribution in [0, 0.1) is 0 Å². The molecule has 0 unspecified atom stereocenters. The topological polar surface area (TPSA) is 101 Å². The molecule has 0 aromatic heterocycles. The average molecular weight is 507 g/mol. The Hall–Kier alpha value is -5.24. The maximum absolute atomic E-state index is 12.8. The number of benzene rings is 4. The van der Waals surface area contributed by atoms with Gasteiger partial charge >= 0.3 is 0 Å². The Bertz CT molecular complexity index is 1320. The second-order valence-corrected chi connectivity index (χ2v) is 7.99. The monoisotopic (exact) mass is 506 g/mol. The maximum Gasteiger partial charge on any atom is 0.271 e. The molecule has 0 aliphatic carbocycles. The minimum absolute atomic E-state index is 0.329.